The third-order valence-corrected chi connectivity index (χ3v) is 5.21. The van der Waals surface area contributed by atoms with Gasteiger partial charge < -0.3 is 5.73 Å². The molecule has 2 fully saturated rings. The monoisotopic (exact) mass is 199 g/mol. The van der Waals surface area contributed by atoms with Gasteiger partial charge in [0, 0.05) is 16.5 Å². The Labute approximate surface area is 85.8 Å². The molecule has 0 aromatic rings. The molecule has 2 aliphatic carbocycles. The summed E-state index contributed by atoms with van der Waals surface area (Å²) in [7, 11) is 0. The van der Waals surface area contributed by atoms with Gasteiger partial charge in [0.15, 0.2) is 0 Å². The van der Waals surface area contributed by atoms with Crippen LogP contribution in [0, 0.1) is 0 Å². The minimum Gasteiger partial charge on any atom is -0.327 e. The molecule has 13 heavy (non-hydrogen) atoms. The van der Waals surface area contributed by atoms with Gasteiger partial charge >= 0.3 is 0 Å². The van der Waals surface area contributed by atoms with Gasteiger partial charge in [-0.25, -0.2) is 0 Å². The highest BCUT2D eigenvalue weighted by Crippen LogP contribution is 2.37. The van der Waals surface area contributed by atoms with Crippen molar-refractivity contribution in [3.63, 3.8) is 0 Å². The Kier molecular flexibility index (Phi) is 3.56. The number of nitrogens with two attached hydrogens (primary N) is 1. The summed E-state index contributed by atoms with van der Waals surface area (Å²) in [5.74, 6) is 0. The molecule has 0 spiro atoms. The lowest BCUT2D eigenvalue weighted by atomic mass is 10.0. The molecule has 2 heteroatoms. The van der Waals surface area contributed by atoms with Crippen molar-refractivity contribution in [3.05, 3.63) is 0 Å². The predicted octanol–water partition coefficient (Wildman–Crippen LogP) is 2.93. The van der Waals surface area contributed by atoms with E-state index in [4.69, 9.17) is 5.73 Å². The molecule has 2 atom stereocenters. The standard InChI is InChI=1S/C11H21NS/c12-10-7-4-8-11(10)13-9-5-2-1-3-6-9/h9-11H,1-8,12H2. The number of rotatable bonds is 2. The second-order valence-corrected chi connectivity index (χ2v) is 6.07. The third-order valence-electron chi connectivity index (χ3n) is 3.42. The molecule has 1 nitrogen and oxygen atoms in total. The first-order valence-electron chi connectivity index (χ1n) is 5.77. The Morgan fingerprint density at radius 3 is 2.23 bits per heavy atom. The first kappa shape index (κ1) is 9.85. The molecule has 2 rings (SSSR count). The van der Waals surface area contributed by atoms with Crippen LogP contribution in [0.4, 0.5) is 0 Å². The molecule has 2 saturated carbocycles. The maximum atomic E-state index is 6.08. The molecule has 0 aromatic heterocycles. The molecule has 2 N–H and O–H groups in total. The van der Waals surface area contributed by atoms with Gasteiger partial charge in [-0.3, -0.25) is 0 Å². The second kappa shape index (κ2) is 4.70. The molecule has 0 aliphatic heterocycles. The minimum absolute atomic E-state index is 0.506. The van der Waals surface area contributed by atoms with Gasteiger partial charge in [-0.05, 0) is 25.7 Å². The Hall–Kier alpha value is 0.310. The fourth-order valence-corrected chi connectivity index (χ4v) is 4.31. The minimum atomic E-state index is 0.506. The molecular formula is C11H21NS. The van der Waals surface area contributed by atoms with E-state index in [-0.39, 0.29) is 0 Å². The average Bonchev–Trinajstić information content (AvgIpc) is 2.54. The molecule has 0 aromatic carbocycles. The van der Waals surface area contributed by atoms with Crippen molar-refractivity contribution in [1.29, 1.82) is 0 Å². The van der Waals surface area contributed by atoms with Crippen molar-refractivity contribution in [2.45, 2.75) is 67.9 Å². The van der Waals surface area contributed by atoms with Gasteiger partial charge in [-0.1, -0.05) is 25.7 Å². The number of hydrogen-bond acceptors (Lipinski definition) is 2. The molecular weight excluding hydrogens is 178 g/mol. The van der Waals surface area contributed by atoms with E-state index in [2.05, 4.69) is 11.8 Å². The van der Waals surface area contributed by atoms with E-state index in [9.17, 15) is 0 Å². The first-order valence-corrected chi connectivity index (χ1v) is 6.71. The zero-order chi connectivity index (χ0) is 9.10. The summed E-state index contributed by atoms with van der Waals surface area (Å²) >= 11 is 2.21. The maximum absolute atomic E-state index is 6.08. The molecule has 0 amide bonds. The van der Waals surface area contributed by atoms with E-state index in [0.29, 0.717) is 6.04 Å². The van der Waals surface area contributed by atoms with E-state index in [1.165, 1.54) is 51.4 Å². The molecule has 0 saturated heterocycles. The van der Waals surface area contributed by atoms with Crippen LogP contribution in [0.2, 0.25) is 0 Å². The van der Waals surface area contributed by atoms with Crippen molar-refractivity contribution in [2.24, 2.45) is 5.73 Å². The van der Waals surface area contributed by atoms with Crippen LogP contribution in [-0.4, -0.2) is 16.5 Å². The van der Waals surface area contributed by atoms with Crippen LogP contribution < -0.4 is 5.73 Å². The van der Waals surface area contributed by atoms with Crippen LogP contribution in [0.1, 0.15) is 51.4 Å². The second-order valence-electron chi connectivity index (χ2n) is 4.53. The highest BCUT2D eigenvalue weighted by Gasteiger charge is 2.27. The normalized spacial score (nSPS) is 36.7. The van der Waals surface area contributed by atoms with Crippen LogP contribution in [0.3, 0.4) is 0 Å². The zero-order valence-corrected chi connectivity index (χ0v) is 9.19. The molecule has 0 heterocycles. The smallest absolute Gasteiger partial charge is 0.0201 e. The average molecular weight is 199 g/mol. The van der Waals surface area contributed by atoms with Crippen molar-refractivity contribution in [3.8, 4) is 0 Å². The quantitative estimate of drug-likeness (QED) is 0.740. The van der Waals surface area contributed by atoms with Crippen LogP contribution >= 0.6 is 11.8 Å². The summed E-state index contributed by atoms with van der Waals surface area (Å²) < 4.78 is 0. The summed E-state index contributed by atoms with van der Waals surface area (Å²) in [5.41, 5.74) is 6.08. The highest BCUT2D eigenvalue weighted by molar-refractivity contribution is 8.00. The summed E-state index contributed by atoms with van der Waals surface area (Å²) in [4.78, 5) is 0. The van der Waals surface area contributed by atoms with Gasteiger partial charge in [0.25, 0.3) is 0 Å². The van der Waals surface area contributed by atoms with E-state index < -0.39 is 0 Å². The Morgan fingerprint density at radius 2 is 1.62 bits per heavy atom. The third kappa shape index (κ3) is 2.63. The van der Waals surface area contributed by atoms with Crippen molar-refractivity contribution in [2.75, 3.05) is 0 Å². The van der Waals surface area contributed by atoms with Crippen LogP contribution in [0.25, 0.3) is 0 Å². The molecule has 0 bridgehead atoms. The Bertz CT molecular complexity index is 154. The predicted molar refractivity (Wildman–Crippen MR) is 60.1 cm³/mol. The van der Waals surface area contributed by atoms with E-state index in [1.54, 1.807) is 0 Å². The Morgan fingerprint density at radius 1 is 0.846 bits per heavy atom. The molecule has 2 unspecified atom stereocenters. The van der Waals surface area contributed by atoms with E-state index in [1.807, 2.05) is 0 Å². The summed E-state index contributed by atoms with van der Waals surface area (Å²) in [6.07, 6.45) is 11.3. The fourth-order valence-electron chi connectivity index (χ4n) is 2.57. The van der Waals surface area contributed by atoms with Gasteiger partial charge in [-0.2, -0.15) is 11.8 Å². The van der Waals surface area contributed by atoms with Crippen molar-refractivity contribution in [1.82, 2.24) is 0 Å². The summed E-state index contributed by atoms with van der Waals surface area (Å²) in [5, 5.41) is 1.74. The van der Waals surface area contributed by atoms with Gasteiger partial charge in [0.1, 0.15) is 0 Å². The van der Waals surface area contributed by atoms with Crippen LogP contribution in [-0.2, 0) is 0 Å². The zero-order valence-electron chi connectivity index (χ0n) is 8.37. The number of thioether (sulfide) groups is 1. The molecule has 0 radical (unpaired) electrons. The SMILES string of the molecule is NC1CCCC1SC1CCCCC1. The van der Waals surface area contributed by atoms with E-state index >= 15 is 0 Å². The van der Waals surface area contributed by atoms with Crippen molar-refractivity contribution < 1.29 is 0 Å². The van der Waals surface area contributed by atoms with Crippen molar-refractivity contribution >= 4 is 11.8 Å². The lowest BCUT2D eigenvalue weighted by molar-refractivity contribution is 0.513. The first-order chi connectivity index (χ1) is 6.36. The fraction of sp³-hybridized carbons (Fsp3) is 1.00. The molecule has 76 valence electrons. The lowest BCUT2D eigenvalue weighted by Gasteiger charge is -2.25. The highest BCUT2D eigenvalue weighted by atomic mass is 32.2. The Balaban J connectivity index is 1.75. The topological polar surface area (TPSA) is 26.0 Å². The lowest BCUT2D eigenvalue weighted by Crippen LogP contribution is -2.28. The largest absolute Gasteiger partial charge is 0.327 e. The summed E-state index contributed by atoms with van der Waals surface area (Å²) in [6, 6.07) is 0.506. The van der Waals surface area contributed by atoms with Gasteiger partial charge in [-0.15, -0.1) is 0 Å². The molecule has 2 aliphatic rings. The number of hydrogen-bond donors (Lipinski definition) is 1. The van der Waals surface area contributed by atoms with E-state index in [0.717, 1.165) is 10.5 Å². The summed E-state index contributed by atoms with van der Waals surface area (Å²) in [6.45, 7) is 0. The van der Waals surface area contributed by atoms with Gasteiger partial charge in [0.2, 0.25) is 0 Å². The van der Waals surface area contributed by atoms with Crippen LogP contribution in [0.15, 0.2) is 0 Å². The van der Waals surface area contributed by atoms with Gasteiger partial charge in [0.05, 0.1) is 0 Å². The maximum Gasteiger partial charge on any atom is 0.0201 e. The van der Waals surface area contributed by atoms with Crippen LogP contribution in [0.5, 0.6) is 0 Å².